The quantitative estimate of drug-likeness (QED) is 0.491. The van der Waals surface area contributed by atoms with Crippen molar-refractivity contribution in [2.24, 2.45) is 0 Å². The molecule has 1 atom stereocenters. The van der Waals surface area contributed by atoms with Crippen molar-refractivity contribution < 1.29 is 23.8 Å². The molecule has 2 N–H and O–H groups in total. The third-order valence-corrected chi connectivity index (χ3v) is 5.04. The number of benzene rings is 2. The van der Waals surface area contributed by atoms with E-state index in [-0.39, 0.29) is 18.9 Å². The highest BCUT2D eigenvalue weighted by Gasteiger charge is 2.18. The Hall–Kier alpha value is -1.93. The fourth-order valence-electron chi connectivity index (χ4n) is 2.59. The summed E-state index contributed by atoms with van der Waals surface area (Å²) in [5.41, 5.74) is 3.11. The van der Waals surface area contributed by atoms with Gasteiger partial charge >= 0.3 is 5.97 Å². The zero-order chi connectivity index (χ0) is 20.8. The number of carbonyl (C=O) groups is 2. The lowest BCUT2D eigenvalue weighted by Crippen LogP contribution is -2.17. The van der Waals surface area contributed by atoms with Crippen LogP contribution in [0, 0.1) is 6.92 Å². The molecule has 0 aliphatic rings. The fraction of sp³-hybridized carbons (Fsp3) is 0.300. The minimum Gasteiger partial charge on any atom is -0.487 e. The van der Waals surface area contributed by atoms with Gasteiger partial charge in [0, 0.05) is 18.5 Å². The molecule has 0 radical (unpaired) electrons. The van der Waals surface area contributed by atoms with Crippen LogP contribution in [-0.4, -0.2) is 23.2 Å². The van der Waals surface area contributed by atoms with Crippen molar-refractivity contribution in [3.8, 4) is 5.75 Å². The second-order valence-corrected chi connectivity index (χ2v) is 8.00. The van der Waals surface area contributed by atoms with Crippen LogP contribution >= 0.6 is 31.9 Å². The molecule has 0 aliphatic carbocycles. The molecule has 0 saturated carbocycles. The van der Waals surface area contributed by atoms with Crippen LogP contribution in [0.4, 0.5) is 10.1 Å². The maximum atomic E-state index is 13.4. The average Bonchev–Trinajstić information content (AvgIpc) is 2.60. The summed E-state index contributed by atoms with van der Waals surface area (Å²) in [6.45, 7) is 3.98. The van der Waals surface area contributed by atoms with Crippen LogP contribution in [-0.2, 0) is 22.6 Å². The second kappa shape index (κ2) is 10.0. The van der Waals surface area contributed by atoms with Gasteiger partial charge in [0.1, 0.15) is 12.4 Å². The molecule has 0 heterocycles. The van der Waals surface area contributed by atoms with Gasteiger partial charge in [-0.05, 0) is 79.7 Å². The molecule has 0 aliphatic heterocycles. The van der Waals surface area contributed by atoms with Gasteiger partial charge in [0.05, 0.1) is 8.95 Å². The van der Waals surface area contributed by atoms with Gasteiger partial charge in [-0.3, -0.25) is 4.79 Å². The molecule has 0 saturated heterocycles. The van der Waals surface area contributed by atoms with E-state index in [1.165, 1.54) is 0 Å². The number of hydrogen-bond donors (Lipinski definition) is 2. The maximum Gasteiger partial charge on any atom is 0.338 e. The number of ether oxygens (including phenoxy) is 1. The van der Waals surface area contributed by atoms with Gasteiger partial charge in [-0.25, -0.2) is 9.18 Å². The molecular formula is C20H20Br2FNO4. The lowest BCUT2D eigenvalue weighted by molar-refractivity contribution is -0.142. The molecule has 1 unspecified atom stereocenters. The van der Waals surface area contributed by atoms with Crippen LogP contribution in [0.3, 0.4) is 0 Å². The zero-order valence-electron chi connectivity index (χ0n) is 15.4. The molecule has 0 aromatic heterocycles. The summed E-state index contributed by atoms with van der Waals surface area (Å²) in [5, 5.41) is 11.5. The molecule has 2 aromatic rings. The molecule has 8 heteroatoms. The van der Waals surface area contributed by atoms with Crippen molar-refractivity contribution in [2.45, 2.75) is 39.5 Å². The van der Waals surface area contributed by atoms with E-state index in [2.05, 4.69) is 37.2 Å². The summed E-state index contributed by atoms with van der Waals surface area (Å²) in [7, 11) is 0. The standard InChI is InChI=1S/C20H20Br2FNO4/c1-3-18(25)24-14-5-11(2)4-13(6-14)10-28-19-15(21)7-12(8-16(19)22)9-17(23)20(26)27/h4-8,17H,3,9-10H2,1-2H3,(H,24,25)(H,26,27). The lowest BCUT2D eigenvalue weighted by Gasteiger charge is -2.14. The molecule has 5 nitrogen and oxygen atoms in total. The third kappa shape index (κ3) is 6.31. The minimum atomic E-state index is -1.96. The van der Waals surface area contributed by atoms with Crippen LogP contribution in [0.25, 0.3) is 0 Å². The SMILES string of the molecule is CCC(=O)Nc1cc(C)cc(COc2c(Br)cc(CC(F)C(=O)O)cc2Br)c1. The Bertz CT molecular complexity index is 865. The Morgan fingerprint density at radius 1 is 1.14 bits per heavy atom. The number of anilines is 1. The van der Waals surface area contributed by atoms with E-state index in [9.17, 15) is 14.0 Å². The minimum absolute atomic E-state index is 0.0638. The number of amides is 1. The zero-order valence-corrected chi connectivity index (χ0v) is 18.6. The number of nitrogens with one attached hydrogen (secondary N) is 1. The van der Waals surface area contributed by atoms with Crippen LogP contribution in [0.2, 0.25) is 0 Å². The Morgan fingerprint density at radius 2 is 1.79 bits per heavy atom. The van der Waals surface area contributed by atoms with E-state index in [4.69, 9.17) is 9.84 Å². The van der Waals surface area contributed by atoms with Crippen LogP contribution in [0.1, 0.15) is 30.0 Å². The lowest BCUT2D eigenvalue weighted by atomic mass is 10.1. The highest BCUT2D eigenvalue weighted by molar-refractivity contribution is 9.11. The highest BCUT2D eigenvalue weighted by atomic mass is 79.9. The van der Waals surface area contributed by atoms with Crippen molar-refractivity contribution in [1.82, 2.24) is 0 Å². The number of carboxylic acids is 1. The van der Waals surface area contributed by atoms with Gasteiger partial charge < -0.3 is 15.2 Å². The fourth-order valence-corrected chi connectivity index (χ4v) is 4.10. The molecule has 28 heavy (non-hydrogen) atoms. The van der Waals surface area contributed by atoms with Crippen molar-refractivity contribution in [3.05, 3.63) is 56.0 Å². The first-order valence-electron chi connectivity index (χ1n) is 8.57. The number of halogens is 3. The second-order valence-electron chi connectivity index (χ2n) is 6.30. The first kappa shape index (κ1) is 22.4. The van der Waals surface area contributed by atoms with E-state index < -0.39 is 12.1 Å². The molecular weight excluding hydrogens is 497 g/mol. The maximum absolute atomic E-state index is 13.4. The predicted octanol–water partition coefficient (Wildman–Crippen LogP) is 5.41. The number of hydrogen-bond acceptors (Lipinski definition) is 3. The summed E-state index contributed by atoms with van der Waals surface area (Å²) in [5.74, 6) is -1.03. The highest BCUT2D eigenvalue weighted by Crippen LogP contribution is 2.36. The molecule has 0 fully saturated rings. The first-order chi connectivity index (χ1) is 13.2. The Kier molecular flexibility index (Phi) is 8.00. The van der Waals surface area contributed by atoms with Crippen LogP contribution in [0.5, 0.6) is 5.75 Å². The average molecular weight is 517 g/mol. The van der Waals surface area contributed by atoms with E-state index >= 15 is 0 Å². The van der Waals surface area contributed by atoms with Gasteiger partial charge in [0.15, 0.2) is 0 Å². The number of rotatable bonds is 8. The van der Waals surface area contributed by atoms with Gasteiger partial charge in [0.25, 0.3) is 0 Å². The number of aliphatic carboxylic acids is 1. The summed E-state index contributed by atoms with van der Waals surface area (Å²) < 4.78 is 20.5. The topological polar surface area (TPSA) is 75.6 Å². The Labute approximate surface area is 179 Å². The number of carboxylic acid groups (broad SMARTS) is 1. The van der Waals surface area contributed by atoms with Gasteiger partial charge in [-0.1, -0.05) is 13.0 Å². The third-order valence-electron chi connectivity index (χ3n) is 3.87. The summed E-state index contributed by atoms with van der Waals surface area (Å²) in [6, 6.07) is 8.96. The van der Waals surface area contributed by atoms with Crippen molar-refractivity contribution in [3.63, 3.8) is 0 Å². The summed E-state index contributed by atoms with van der Waals surface area (Å²) >= 11 is 6.78. The monoisotopic (exact) mass is 515 g/mol. The van der Waals surface area contributed by atoms with E-state index in [1.54, 1.807) is 19.1 Å². The molecule has 2 rings (SSSR count). The van der Waals surface area contributed by atoms with E-state index in [0.29, 0.717) is 32.4 Å². The van der Waals surface area contributed by atoms with Crippen molar-refractivity contribution in [1.29, 1.82) is 0 Å². The van der Waals surface area contributed by atoms with Gasteiger partial charge in [-0.15, -0.1) is 0 Å². The van der Waals surface area contributed by atoms with Crippen LogP contribution in [0.15, 0.2) is 39.3 Å². The number of alkyl halides is 1. The largest absolute Gasteiger partial charge is 0.487 e. The van der Waals surface area contributed by atoms with Gasteiger partial charge in [0.2, 0.25) is 12.1 Å². The summed E-state index contributed by atoms with van der Waals surface area (Å²) in [4.78, 5) is 22.3. The Morgan fingerprint density at radius 3 is 2.36 bits per heavy atom. The number of carbonyl (C=O) groups excluding carboxylic acids is 1. The van der Waals surface area contributed by atoms with Crippen molar-refractivity contribution >= 4 is 49.4 Å². The number of aryl methyl sites for hydroxylation is 1. The first-order valence-corrected chi connectivity index (χ1v) is 10.2. The predicted molar refractivity (Wildman–Crippen MR) is 113 cm³/mol. The van der Waals surface area contributed by atoms with E-state index in [1.807, 2.05) is 25.1 Å². The Balaban J connectivity index is 2.14. The molecule has 0 spiro atoms. The van der Waals surface area contributed by atoms with Gasteiger partial charge in [-0.2, -0.15) is 0 Å². The summed E-state index contributed by atoms with van der Waals surface area (Å²) in [6.07, 6.45) is -1.80. The molecule has 1 amide bonds. The smallest absolute Gasteiger partial charge is 0.338 e. The van der Waals surface area contributed by atoms with Crippen LogP contribution < -0.4 is 10.1 Å². The molecule has 2 aromatic carbocycles. The molecule has 150 valence electrons. The van der Waals surface area contributed by atoms with Crippen molar-refractivity contribution in [2.75, 3.05) is 5.32 Å². The normalized spacial score (nSPS) is 11.8. The molecule has 0 bridgehead atoms. The van der Waals surface area contributed by atoms with E-state index in [0.717, 1.165) is 11.1 Å².